The Morgan fingerprint density at radius 2 is 2.08 bits per heavy atom. The average molecular weight is 644 g/mol. The van der Waals surface area contributed by atoms with Gasteiger partial charge in [0.15, 0.2) is 31.1 Å². The Morgan fingerprint density at radius 3 is 2.85 bits per heavy atom. The molecule has 1 aromatic carbocycles. The number of aromatic nitrogens is 4. The van der Waals surface area contributed by atoms with Crippen molar-refractivity contribution in [1.29, 1.82) is 0 Å². The van der Waals surface area contributed by atoms with Crippen molar-refractivity contribution in [2.24, 2.45) is 0 Å². The van der Waals surface area contributed by atoms with E-state index in [1.807, 2.05) is 24.3 Å². The molecule has 3 heterocycles. The number of nitrogens with two attached hydrogens (primary N) is 1. The normalized spacial score (nSPS) is 17.5. The van der Waals surface area contributed by atoms with E-state index in [2.05, 4.69) is 30.9 Å². The van der Waals surface area contributed by atoms with Crippen molar-refractivity contribution in [3.63, 3.8) is 0 Å². The largest absolute Gasteiger partial charge is 0.519 e. The van der Waals surface area contributed by atoms with Gasteiger partial charge in [-0.1, -0.05) is 28.1 Å². The number of ether oxygens (including phenoxy) is 1. The van der Waals surface area contributed by atoms with Crippen molar-refractivity contribution in [3.8, 4) is 0 Å². The lowest BCUT2D eigenvalue weighted by Gasteiger charge is -2.18. The third-order valence-corrected chi connectivity index (χ3v) is 7.94. The molecule has 0 radical (unpaired) electrons. The summed E-state index contributed by atoms with van der Waals surface area (Å²) in [6.07, 6.45) is 0.981. The van der Waals surface area contributed by atoms with Crippen LogP contribution in [0.2, 0.25) is 0 Å². The maximum Gasteiger partial charge on any atom is 0.519 e. The number of halogens is 3. The zero-order chi connectivity index (χ0) is 28.3. The number of anilines is 1. The van der Waals surface area contributed by atoms with Crippen LogP contribution in [0.3, 0.4) is 0 Å². The first-order chi connectivity index (χ1) is 19.2. The Morgan fingerprint density at radius 1 is 1.25 bits per heavy atom. The zero-order valence-corrected chi connectivity index (χ0v) is 23.5. The van der Waals surface area contributed by atoms with Crippen LogP contribution in [0.15, 0.2) is 53.5 Å². The molecule has 1 aliphatic rings. The maximum absolute atomic E-state index is 13.8. The molecule has 16 heteroatoms. The van der Waals surface area contributed by atoms with E-state index in [1.165, 1.54) is 6.33 Å². The maximum atomic E-state index is 13.8. The van der Waals surface area contributed by atoms with Crippen LogP contribution in [-0.2, 0) is 33.5 Å². The van der Waals surface area contributed by atoms with E-state index in [9.17, 15) is 18.4 Å². The molecule has 4 aromatic rings. The highest BCUT2D eigenvalue weighted by Crippen LogP contribution is 2.46. The minimum atomic E-state index is -2.82. The van der Waals surface area contributed by atoms with Crippen LogP contribution in [0.5, 0.6) is 0 Å². The van der Waals surface area contributed by atoms with Gasteiger partial charge in [0, 0.05) is 29.8 Å². The summed E-state index contributed by atoms with van der Waals surface area (Å²) in [4.78, 5) is 34.4. The van der Waals surface area contributed by atoms with Gasteiger partial charge in [0.25, 0.3) is 5.56 Å². The van der Waals surface area contributed by atoms with E-state index in [0.717, 1.165) is 10.0 Å². The standard InChI is InChI=1S/C24H25BrF2N5O7P/c25-16-3-1-2-14(8-16)10-36-40(13-35-7-6-32-12-29-18-20(32)30-22(28)31-21(18)33)37-11-17-19(39-23(34)38-17)15-4-5-24(26,27)9-15/h1-3,8,12,15H,4-7,9-11,13H2,(H3,28,30,31,33). The third-order valence-electron chi connectivity index (χ3n) is 6.22. The van der Waals surface area contributed by atoms with Crippen molar-refractivity contribution in [1.82, 2.24) is 19.5 Å². The van der Waals surface area contributed by atoms with E-state index in [1.54, 1.807) is 4.57 Å². The molecule has 0 amide bonds. The number of hydrogen-bond acceptors (Lipinski definition) is 10. The highest BCUT2D eigenvalue weighted by atomic mass is 79.9. The van der Waals surface area contributed by atoms with Crippen LogP contribution in [0.25, 0.3) is 11.2 Å². The average Bonchev–Trinajstić information content (AvgIpc) is 3.59. The predicted octanol–water partition coefficient (Wildman–Crippen LogP) is 4.63. The molecule has 3 N–H and O–H groups in total. The minimum Gasteiger partial charge on any atom is -0.395 e. The molecule has 0 spiro atoms. The molecule has 0 bridgehead atoms. The van der Waals surface area contributed by atoms with E-state index in [0.29, 0.717) is 12.2 Å². The predicted molar refractivity (Wildman–Crippen MR) is 143 cm³/mol. The van der Waals surface area contributed by atoms with Gasteiger partial charge < -0.3 is 32.9 Å². The number of H-pyrrole nitrogens is 1. The number of hydrogen-bond donors (Lipinski definition) is 2. The molecular formula is C24H25BrF2N5O7P. The topological polar surface area (TPSA) is 161 Å². The Labute approximate surface area is 234 Å². The van der Waals surface area contributed by atoms with Gasteiger partial charge in [-0.2, -0.15) is 4.98 Å². The Kier molecular flexibility index (Phi) is 8.76. The van der Waals surface area contributed by atoms with E-state index in [4.69, 9.17) is 28.4 Å². The van der Waals surface area contributed by atoms with Crippen LogP contribution in [0, 0.1) is 0 Å². The first-order valence-corrected chi connectivity index (χ1v) is 14.4. The number of nitrogens with one attached hydrogen (secondary N) is 1. The monoisotopic (exact) mass is 643 g/mol. The Bertz CT molecular complexity index is 1590. The fourth-order valence-corrected chi connectivity index (χ4v) is 5.86. The SMILES string of the molecule is Nc1nc2c(ncn2CCOCP(OCc2cccc(Br)c2)OCc2oc(=O)oc2C2CCC(F)(F)C2)c(=O)[nH]1. The number of aromatic amines is 1. The quantitative estimate of drug-likeness (QED) is 0.164. The number of nitrogen functional groups attached to an aromatic ring is 1. The van der Waals surface area contributed by atoms with Gasteiger partial charge in [0.05, 0.1) is 19.5 Å². The first kappa shape index (κ1) is 28.6. The molecule has 1 aliphatic carbocycles. The summed E-state index contributed by atoms with van der Waals surface area (Å²) in [7, 11) is -1.67. The summed E-state index contributed by atoms with van der Waals surface area (Å²) in [6, 6.07) is 7.54. The van der Waals surface area contributed by atoms with Gasteiger partial charge in [-0.25, -0.2) is 18.6 Å². The molecule has 40 heavy (non-hydrogen) atoms. The van der Waals surface area contributed by atoms with E-state index in [-0.39, 0.29) is 62.0 Å². The summed E-state index contributed by atoms with van der Waals surface area (Å²) < 4.78 is 58.0. The molecule has 1 saturated carbocycles. The minimum absolute atomic E-state index is 0.0235. The van der Waals surface area contributed by atoms with Crippen LogP contribution in [0.4, 0.5) is 14.7 Å². The van der Waals surface area contributed by atoms with Gasteiger partial charge in [-0.05, 0) is 24.1 Å². The summed E-state index contributed by atoms with van der Waals surface area (Å²) in [5.41, 5.74) is 6.57. The molecule has 2 atom stereocenters. The number of nitrogens with zero attached hydrogens (tertiary/aromatic N) is 3. The van der Waals surface area contributed by atoms with Gasteiger partial charge in [0.2, 0.25) is 11.9 Å². The molecule has 5 rings (SSSR count). The second kappa shape index (κ2) is 12.3. The number of fused-ring (bicyclic) bond motifs is 1. The Hall–Kier alpha value is -2.97. The number of imidazole rings is 1. The van der Waals surface area contributed by atoms with Crippen molar-refractivity contribution < 1.29 is 31.4 Å². The van der Waals surface area contributed by atoms with Crippen LogP contribution >= 0.6 is 24.3 Å². The first-order valence-electron chi connectivity index (χ1n) is 12.2. The van der Waals surface area contributed by atoms with E-state index >= 15 is 0 Å². The molecule has 1 fully saturated rings. The molecular weight excluding hydrogens is 619 g/mol. The van der Waals surface area contributed by atoms with Crippen molar-refractivity contribution in [2.75, 3.05) is 18.7 Å². The summed E-state index contributed by atoms with van der Waals surface area (Å²) >= 11 is 3.42. The lowest BCUT2D eigenvalue weighted by Crippen LogP contribution is -2.13. The zero-order valence-electron chi connectivity index (χ0n) is 21.0. The third kappa shape index (κ3) is 7.02. The lowest BCUT2D eigenvalue weighted by atomic mass is 10.0. The van der Waals surface area contributed by atoms with E-state index < -0.39 is 38.0 Å². The second-order valence-corrected chi connectivity index (χ2v) is 11.5. The van der Waals surface area contributed by atoms with Gasteiger partial charge in [0.1, 0.15) is 13.0 Å². The molecule has 3 aromatic heterocycles. The number of rotatable bonds is 12. The highest BCUT2D eigenvalue weighted by molar-refractivity contribution is 9.10. The second-order valence-electron chi connectivity index (χ2n) is 9.15. The molecule has 12 nitrogen and oxygen atoms in total. The fraction of sp³-hybridized carbons (Fsp3) is 0.417. The lowest BCUT2D eigenvalue weighted by molar-refractivity contribution is 0.00710. The summed E-state index contributed by atoms with van der Waals surface area (Å²) in [5.74, 6) is -4.31. The van der Waals surface area contributed by atoms with Gasteiger partial charge in [-0.15, -0.1) is 0 Å². The van der Waals surface area contributed by atoms with Crippen LogP contribution in [0.1, 0.15) is 42.3 Å². The van der Waals surface area contributed by atoms with Gasteiger partial charge >= 0.3 is 5.82 Å². The van der Waals surface area contributed by atoms with Crippen LogP contribution in [-0.4, -0.2) is 38.4 Å². The molecule has 214 valence electrons. The smallest absolute Gasteiger partial charge is 0.395 e. The Balaban J connectivity index is 1.22. The van der Waals surface area contributed by atoms with Crippen molar-refractivity contribution >= 4 is 41.4 Å². The fourth-order valence-electron chi connectivity index (χ4n) is 4.36. The highest BCUT2D eigenvalue weighted by Gasteiger charge is 2.43. The molecule has 2 unspecified atom stereocenters. The number of benzene rings is 1. The molecule has 0 aliphatic heterocycles. The van der Waals surface area contributed by atoms with Gasteiger partial charge in [-0.3, -0.25) is 9.78 Å². The summed E-state index contributed by atoms with van der Waals surface area (Å²) in [6.45, 7) is 0.516. The summed E-state index contributed by atoms with van der Waals surface area (Å²) in [5, 5.41) is 0. The van der Waals surface area contributed by atoms with Crippen molar-refractivity contribution in [3.05, 3.63) is 73.1 Å². The van der Waals surface area contributed by atoms with Crippen LogP contribution < -0.4 is 17.1 Å². The number of alkyl halides is 2. The van der Waals surface area contributed by atoms with Crippen molar-refractivity contribution in [2.45, 2.75) is 50.9 Å². The molecule has 0 saturated heterocycles.